The van der Waals surface area contributed by atoms with Gasteiger partial charge in [0.15, 0.2) is 5.82 Å². The fraction of sp³-hybridized carbons (Fsp3) is 0.571. The highest BCUT2D eigenvalue weighted by atomic mass is 32.1. The number of aliphatic hydroxyl groups is 1. The molecule has 1 unspecified atom stereocenters. The molecule has 108 valence electrons. The quantitative estimate of drug-likeness (QED) is 0.918. The van der Waals surface area contributed by atoms with Crippen molar-refractivity contribution in [3.8, 4) is 10.8 Å². The number of likely N-dealkylation sites (tertiary alicyclic amines) is 1. The van der Waals surface area contributed by atoms with E-state index in [2.05, 4.69) is 15.0 Å². The molecule has 1 atom stereocenters. The van der Waals surface area contributed by atoms with Gasteiger partial charge in [0, 0.05) is 12.6 Å². The molecule has 0 radical (unpaired) electrons. The van der Waals surface area contributed by atoms with Gasteiger partial charge in [0.05, 0.1) is 11.4 Å². The minimum atomic E-state index is 0.244. The van der Waals surface area contributed by atoms with Crippen LogP contribution in [0.3, 0.4) is 0 Å². The summed E-state index contributed by atoms with van der Waals surface area (Å²) in [5, 5.41) is 15.2. The molecule has 1 saturated heterocycles. The molecule has 3 rings (SSSR count). The van der Waals surface area contributed by atoms with E-state index in [0.29, 0.717) is 18.5 Å². The molecule has 6 heteroatoms. The summed E-state index contributed by atoms with van der Waals surface area (Å²) in [6.07, 6.45) is 4.43. The van der Waals surface area contributed by atoms with Gasteiger partial charge in [-0.2, -0.15) is 4.98 Å². The largest absolute Gasteiger partial charge is 0.396 e. The monoisotopic (exact) mass is 293 g/mol. The Morgan fingerprint density at radius 2 is 2.40 bits per heavy atom. The molecular weight excluding hydrogens is 274 g/mol. The van der Waals surface area contributed by atoms with Crippen LogP contribution in [0.25, 0.3) is 10.8 Å². The van der Waals surface area contributed by atoms with Gasteiger partial charge in [-0.3, -0.25) is 4.90 Å². The van der Waals surface area contributed by atoms with Crippen molar-refractivity contribution in [1.29, 1.82) is 0 Å². The van der Waals surface area contributed by atoms with E-state index >= 15 is 0 Å². The number of nitrogens with zero attached hydrogens (tertiary/aromatic N) is 3. The molecule has 1 aliphatic heterocycles. The standard InChI is InChI=1S/C14H19N3O2S/c18-8-6-11-4-1-2-7-17(11)10-13-15-14(19-16-13)12-5-3-9-20-12/h3,5,9,11,18H,1-2,4,6-8,10H2. The summed E-state index contributed by atoms with van der Waals surface area (Å²) < 4.78 is 5.32. The molecule has 2 aromatic rings. The van der Waals surface area contributed by atoms with Crippen LogP contribution in [0.4, 0.5) is 0 Å². The number of rotatable bonds is 5. The first-order valence-corrected chi connectivity index (χ1v) is 7.96. The van der Waals surface area contributed by atoms with Gasteiger partial charge in [-0.1, -0.05) is 17.6 Å². The summed E-state index contributed by atoms with van der Waals surface area (Å²) in [6, 6.07) is 4.40. The maximum atomic E-state index is 9.16. The third-order valence-electron chi connectivity index (χ3n) is 3.76. The van der Waals surface area contributed by atoms with Crippen molar-refractivity contribution in [3.63, 3.8) is 0 Å². The van der Waals surface area contributed by atoms with Crippen LogP contribution in [0.5, 0.6) is 0 Å². The van der Waals surface area contributed by atoms with Gasteiger partial charge in [0.25, 0.3) is 5.89 Å². The topological polar surface area (TPSA) is 62.4 Å². The second-order valence-electron chi connectivity index (χ2n) is 5.13. The van der Waals surface area contributed by atoms with E-state index in [1.807, 2.05) is 17.5 Å². The number of hydrogen-bond acceptors (Lipinski definition) is 6. The average Bonchev–Trinajstić information content (AvgIpc) is 3.12. The second kappa shape index (κ2) is 6.47. The van der Waals surface area contributed by atoms with Crippen LogP contribution in [-0.2, 0) is 6.54 Å². The average molecular weight is 293 g/mol. The van der Waals surface area contributed by atoms with Crippen molar-refractivity contribution < 1.29 is 9.63 Å². The van der Waals surface area contributed by atoms with Crippen molar-refractivity contribution in [2.24, 2.45) is 0 Å². The van der Waals surface area contributed by atoms with Crippen molar-refractivity contribution in [2.75, 3.05) is 13.2 Å². The molecule has 1 N–H and O–H groups in total. The van der Waals surface area contributed by atoms with Gasteiger partial charge in [-0.15, -0.1) is 11.3 Å². The SMILES string of the molecule is OCCC1CCCCN1Cc1noc(-c2cccs2)n1. The van der Waals surface area contributed by atoms with E-state index in [1.54, 1.807) is 11.3 Å². The van der Waals surface area contributed by atoms with Gasteiger partial charge in [-0.25, -0.2) is 0 Å². The third kappa shape index (κ3) is 3.08. The summed E-state index contributed by atoms with van der Waals surface area (Å²) >= 11 is 1.60. The van der Waals surface area contributed by atoms with Gasteiger partial charge >= 0.3 is 0 Å². The molecule has 3 heterocycles. The smallest absolute Gasteiger partial charge is 0.268 e. The number of piperidine rings is 1. The van der Waals surface area contributed by atoms with Crippen LogP contribution in [0.1, 0.15) is 31.5 Å². The van der Waals surface area contributed by atoms with E-state index in [1.165, 1.54) is 12.8 Å². The van der Waals surface area contributed by atoms with Crippen molar-refractivity contribution in [1.82, 2.24) is 15.0 Å². The maximum absolute atomic E-state index is 9.16. The Morgan fingerprint density at radius 3 is 3.20 bits per heavy atom. The predicted octanol–water partition coefficient (Wildman–Crippen LogP) is 2.54. The van der Waals surface area contributed by atoms with Crippen LogP contribution < -0.4 is 0 Å². The molecule has 0 aromatic carbocycles. The molecular formula is C14H19N3O2S. The lowest BCUT2D eigenvalue weighted by Gasteiger charge is -2.34. The van der Waals surface area contributed by atoms with Crippen LogP contribution in [0.15, 0.2) is 22.0 Å². The first-order valence-electron chi connectivity index (χ1n) is 7.08. The first kappa shape index (κ1) is 13.7. The maximum Gasteiger partial charge on any atom is 0.268 e. The number of aliphatic hydroxyl groups excluding tert-OH is 1. The minimum Gasteiger partial charge on any atom is -0.396 e. The highest BCUT2D eigenvalue weighted by Crippen LogP contribution is 2.24. The Bertz CT molecular complexity index is 524. The van der Waals surface area contributed by atoms with Crippen molar-refractivity contribution in [3.05, 3.63) is 23.3 Å². The Labute approximate surface area is 122 Å². The lowest BCUT2D eigenvalue weighted by atomic mass is 10.00. The van der Waals surface area contributed by atoms with Crippen LogP contribution >= 0.6 is 11.3 Å². The Kier molecular flexibility index (Phi) is 4.44. The molecule has 0 bridgehead atoms. The summed E-state index contributed by atoms with van der Waals surface area (Å²) in [6.45, 7) is 2.00. The van der Waals surface area contributed by atoms with E-state index in [4.69, 9.17) is 9.63 Å². The minimum absolute atomic E-state index is 0.244. The Balaban J connectivity index is 1.67. The zero-order valence-electron chi connectivity index (χ0n) is 11.4. The molecule has 1 aliphatic rings. The van der Waals surface area contributed by atoms with Gasteiger partial charge < -0.3 is 9.63 Å². The molecule has 0 saturated carbocycles. The molecule has 0 amide bonds. The summed E-state index contributed by atoms with van der Waals surface area (Å²) in [5.74, 6) is 1.34. The molecule has 2 aromatic heterocycles. The molecule has 0 aliphatic carbocycles. The van der Waals surface area contributed by atoms with Crippen LogP contribution in [0.2, 0.25) is 0 Å². The lowest BCUT2D eigenvalue weighted by Crippen LogP contribution is -2.39. The summed E-state index contributed by atoms with van der Waals surface area (Å²) in [5.41, 5.74) is 0. The lowest BCUT2D eigenvalue weighted by molar-refractivity contribution is 0.109. The molecule has 0 spiro atoms. The Morgan fingerprint density at radius 1 is 1.45 bits per heavy atom. The Hall–Kier alpha value is -1.24. The van der Waals surface area contributed by atoms with Crippen LogP contribution in [-0.4, -0.2) is 39.3 Å². The van der Waals surface area contributed by atoms with Crippen molar-refractivity contribution >= 4 is 11.3 Å². The highest BCUT2D eigenvalue weighted by Gasteiger charge is 2.23. The second-order valence-corrected chi connectivity index (χ2v) is 6.07. The zero-order valence-corrected chi connectivity index (χ0v) is 12.2. The number of hydrogen-bond donors (Lipinski definition) is 1. The third-order valence-corrected chi connectivity index (χ3v) is 4.61. The van der Waals surface area contributed by atoms with Gasteiger partial charge in [0.1, 0.15) is 0 Å². The van der Waals surface area contributed by atoms with E-state index < -0.39 is 0 Å². The highest BCUT2D eigenvalue weighted by molar-refractivity contribution is 7.13. The van der Waals surface area contributed by atoms with Crippen molar-refractivity contribution in [2.45, 2.75) is 38.3 Å². The van der Waals surface area contributed by atoms with E-state index in [0.717, 1.165) is 30.1 Å². The summed E-state index contributed by atoms with van der Waals surface area (Å²) in [7, 11) is 0. The fourth-order valence-corrected chi connectivity index (χ4v) is 3.39. The predicted molar refractivity (Wildman–Crippen MR) is 77.4 cm³/mol. The first-order chi connectivity index (χ1) is 9.86. The zero-order chi connectivity index (χ0) is 13.8. The van der Waals surface area contributed by atoms with E-state index in [-0.39, 0.29) is 6.61 Å². The fourth-order valence-electron chi connectivity index (χ4n) is 2.74. The molecule has 1 fully saturated rings. The van der Waals surface area contributed by atoms with Gasteiger partial charge in [0.2, 0.25) is 0 Å². The summed E-state index contributed by atoms with van der Waals surface area (Å²) in [4.78, 5) is 7.84. The molecule has 20 heavy (non-hydrogen) atoms. The van der Waals surface area contributed by atoms with Crippen LogP contribution in [0, 0.1) is 0 Å². The number of thiophene rings is 1. The normalized spacial score (nSPS) is 20.4. The van der Waals surface area contributed by atoms with Gasteiger partial charge in [-0.05, 0) is 37.3 Å². The van der Waals surface area contributed by atoms with E-state index in [9.17, 15) is 0 Å². The number of aromatic nitrogens is 2. The molecule has 5 nitrogen and oxygen atoms in total.